The molecule has 0 N–H and O–H groups in total. The van der Waals surface area contributed by atoms with Gasteiger partial charge in [0, 0.05) is 23.2 Å². The van der Waals surface area contributed by atoms with Crippen molar-refractivity contribution in [1.29, 1.82) is 0 Å². The molecule has 3 aliphatic carbocycles. The van der Waals surface area contributed by atoms with Crippen molar-refractivity contribution < 1.29 is 23.9 Å². The molecule has 0 spiro atoms. The third-order valence-electron chi connectivity index (χ3n) is 5.83. The molecule has 0 aliphatic heterocycles. The Labute approximate surface area is 129 Å². The van der Waals surface area contributed by atoms with Gasteiger partial charge in [0.1, 0.15) is 5.78 Å². The number of carbonyl (C=O) groups excluding carboxylic acids is 3. The first-order chi connectivity index (χ1) is 10.3. The maximum atomic E-state index is 12.8. The summed E-state index contributed by atoms with van der Waals surface area (Å²) < 4.78 is 9.86. The number of hydrogen-bond donors (Lipinski definition) is 0. The standard InChI is InChI=1S/C17H20O5/c1-9-8-17(14(19)21-3,15(20)22-4)13-11(9)12(18)10-6-5-7-16(10,13)2/h5,7,10-11,13H,1,6,8H2,2-4H3/t10-,11-,13-,16-/m0/s1. The predicted octanol–water partition coefficient (Wildman–Crippen LogP) is 1.68. The van der Waals surface area contributed by atoms with E-state index in [2.05, 4.69) is 6.58 Å². The van der Waals surface area contributed by atoms with Crippen LogP contribution in [0.2, 0.25) is 0 Å². The SMILES string of the molecule is C=C1CC(C(=O)OC)(C(=O)OC)[C@H]2[C@@H]1C(=O)[C@@H]1CC=C[C@]21C. The second-order valence-electron chi connectivity index (χ2n) is 6.70. The molecular formula is C17H20O5. The van der Waals surface area contributed by atoms with E-state index in [1.54, 1.807) is 0 Å². The fourth-order valence-electron chi connectivity index (χ4n) is 4.99. The van der Waals surface area contributed by atoms with Gasteiger partial charge < -0.3 is 9.47 Å². The summed E-state index contributed by atoms with van der Waals surface area (Å²) >= 11 is 0. The molecule has 118 valence electrons. The average molecular weight is 304 g/mol. The lowest BCUT2D eigenvalue weighted by atomic mass is 9.63. The summed E-state index contributed by atoms with van der Waals surface area (Å²) in [5.41, 5.74) is -1.38. The van der Waals surface area contributed by atoms with Crippen molar-refractivity contribution >= 4 is 17.7 Å². The molecule has 0 aromatic rings. The second-order valence-corrected chi connectivity index (χ2v) is 6.70. The highest BCUT2D eigenvalue weighted by molar-refractivity contribution is 6.05. The largest absolute Gasteiger partial charge is 0.468 e. The van der Waals surface area contributed by atoms with E-state index in [-0.39, 0.29) is 18.1 Å². The van der Waals surface area contributed by atoms with Gasteiger partial charge >= 0.3 is 11.9 Å². The molecule has 5 nitrogen and oxygen atoms in total. The lowest BCUT2D eigenvalue weighted by Gasteiger charge is -2.38. The summed E-state index contributed by atoms with van der Waals surface area (Å²) in [4.78, 5) is 37.9. The molecule has 0 aromatic carbocycles. The number of hydrogen-bond acceptors (Lipinski definition) is 5. The molecule has 22 heavy (non-hydrogen) atoms. The van der Waals surface area contributed by atoms with Crippen LogP contribution >= 0.6 is 0 Å². The number of carbonyl (C=O) groups is 3. The van der Waals surface area contributed by atoms with Crippen LogP contribution in [0.25, 0.3) is 0 Å². The van der Waals surface area contributed by atoms with Crippen molar-refractivity contribution in [1.82, 2.24) is 0 Å². The highest BCUT2D eigenvalue weighted by Gasteiger charge is 2.73. The molecule has 0 amide bonds. The summed E-state index contributed by atoms with van der Waals surface area (Å²) in [5, 5.41) is 0. The number of esters is 2. The van der Waals surface area contributed by atoms with E-state index in [9.17, 15) is 14.4 Å². The van der Waals surface area contributed by atoms with Crippen LogP contribution in [-0.4, -0.2) is 31.9 Å². The van der Waals surface area contributed by atoms with E-state index >= 15 is 0 Å². The van der Waals surface area contributed by atoms with Crippen molar-refractivity contribution in [2.24, 2.45) is 28.6 Å². The quantitative estimate of drug-likeness (QED) is 0.441. The molecule has 0 unspecified atom stereocenters. The average Bonchev–Trinajstić information content (AvgIpc) is 3.09. The summed E-state index contributed by atoms with van der Waals surface area (Å²) in [6, 6.07) is 0. The van der Waals surface area contributed by atoms with Gasteiger partial charge in [-0.25, -0.2) is 0 Å². The predicted molar refractivity (Wildman–Crippen MR) is 77.6 cm³/mol. The Morgan fingerprint density at radius 1 is 1.27 bits per heavy atom. The van der Waals surface area contributed by atoms with Gasteiger partial charge in [-0.05, 0) is 12.8 Å². The monoisotopic (exact) mass is 304 g/mol. The molecule has 3 aliphatic rings. The molecule has 0 aromatic heterocycles. The Hall–Kier alpha value is -1.91. The Kier molecular flexibility index (Phi) is 3.10. The maximum absolute atomic E-state index is 12.8. The lowest BCUT2D eigenvalue weighted by Crippen LogP contribution is -2.49. The number of fused-ring (bicyclic) bond motifs is 3. The smallest absolute Gasteiger partial charge is 0.323 e. The van der Waals surface area contributed by atoms with Crippen LogP contribution in [-0.2, 0) is 23.9 Å². The number of ether oxygens (including phenoxy) is 2. The normalized spacial score (nSPS) is 37.9. The zero-order chi connectivity index (χ0) is 16.3. The van der Waals surface area contributed by atoms with Crippen molar-refractivity contribution in [2.45, 2.75) is 19.8 Å². The second kappa shape index (κ2) is 4.54. The summed E-state index contributed by atoms with van der Waals surface area (Å²) in [5.74, 6) is -2.35. The van der Waals surface area contributed by atoms with Gasteiger partial charge in [0.15, 0.2) is 5.41 Å². The van der Waals surface area contributed by atoms with Crippen molar-refractivity contribution in [3.8, 4) is 0 Å². The minimum atomic E-state index is -1.47. The van der Waals surface area contributed by atoms with Crippen LogP contribution in [0.4, 0.5) is 0 Å². The molecule has 2 saturated carbocycles. The molecule has 4 atom stereocenters. The number of rotatable bonds is 2. The molecule has 2 fully saturated rings. The van der Waals surface area contributed by atoms with E-state index < -0.39 is 34.6 Å². The van der Waals surface area contributed by atoms with Crippen LogP contribution < -0.4 is 0 Å². The number of ketones is 1. The van der Waals surface area contributed by atoms with Gasteiger partial charge in [0.25, 0.3) is 0 Å². The first-order valence-electron chi connectivity index (χ1n) is 7.40. The Balaban J connectivity index is 2.22. The molecular weight excluding hydrogens is 284 g/mol. The van der Waals surface area contributed by atoms with Crippen LogP contribution in [0, 0.1) is 28.6 Å². The van der Waals surface area contributed by atoms with Gasteiger partial charge in [-0.15, -0.1) is 0 Å². The number of Topliss-reactive ketones (excluding diaryl/α,β-unsaturated/α-hetero) is 1. The topological polar surface area (TPSA) is 69.7 Å². The Bertz CT molecular complexity index is 601. The van der Waals surface area contributed by atoms with E-state index in [1.807, 2.05) is 19.1 Å². The highest BCUT2D eigenvalue weighted by atomic mass is 16.5. The van der Waals surface area contributed by atoms with Crippen LogP contribution in [0.5, 0.6) is 0 Å². The van der Waals surface area contributed by atoms with Crippen molar-refractivity contribution in [3.63, 3.8) is 0 Å². The first kappa shape index (κ1) is 15.0. The van der Waals surface area contributed by atoms with E-state index in [0.29, 0.717) is 12.0 Å². The zero-order valence-corrected chi connectivity index (χ0v) is 13.0. The lowest BCUT2D eigenvalue weighted by molar-refractivity contribution is -0.175. The van der Waals surface area contributed by atoms with E-state index in [0.717, 1.165) is 0 Å². The number of methoxy groups -OCH3 is 2. The molecule has 0 heterocycles. The molecule has 5 heteroatoms. The molecule has 3 rings (SSSR count). The van der Waals surface area contributed by atoms with Crippen LogP contribution in [0.3, 0.4) is 0 Å². The molecule has 0 radical (unpaired) electrons. The minimum absolute atomic E-state index is 0.0807. The minimum Gasteiger partial charge on any atom is -0.468 e. The van der Waals surface area contributed by atoms with Gasteiger partial charge in [0.05, 0.1) is 14.2 Å². The zero-order valence-electron chi connectivity index (χ0n) is 13.0. The molecule has 0 saturated heterocycles. The summed E-state index contributed by atoms with van der Waals surface area (Å²) in [6.45, 7) is 5.92. The summed E-state index contributed by atoms with van der Waals surface area (Å²) in [6.07, 6.45) is 4.69. The van der Waals surface area contributed by atoms with E-state index in [4.69, 9.17) is 9.47 Å². The van der Waals surface area contributed by atoms with Crippen molar-refractivity contribution in [2.75, 3.05) is 14.2 Å². The highest BCUT2D eigenvalue weighted by Crippen LogP contribution is 2.67. The van der Waals surface area contributed by atoms with Crippen LogP contribution in [0.15, 0.2) is 24.3 Å². The first-order valence-corrected chi connectivity index (χ1v) is 7.40. The van der Waals surface area contributed by atoms with Crippen molar-refractivity contribution in [3.05, 3.63) is 24.3 Å². The third-order valence-corrected chi connectivity index (χ3v) is 5.83. The van der Waals surface area contributed by atoms with Gasteiger partial charge in [-0.2, -0.15) is 0 Å². The Morgan fingerprint density at radius 2 is 1.86 bits per heavy atom. The third kappa shape index (κ3) is 1.46. The van der Waals surface area contributed by atoms with Gasteiger partial charge in [-0.1, -0.05) is 31.2 Å². The number of allylic oxidation sites excluding steroid dienone is 3. The van der Waals surface area contributed by atoms with Gasteiger partial charge in [-0.3, -0.25) is 14.4 Å². The maximum Gasteiger partial charge on any atom is 0.323 e. The van der Waals surface area contributed by atoms with Gasteiger partial charge in [0.2, 0.25) is 0 Å². The molecule has 0 bridgehead atoms. The van der Waals surface area contributed by atoms with E-state index in [1.165, 1.54) is 14.2 Å². The summed E-state index contributed by atoms with van der Waals surface area (Å²) in [7, 11) is 2.51. The fraction of sp³-hybridized carbons (Fsp3) is 0.588. The Morgan fingerprint density at radius 3 is 2.41 bits per heavy atom. The van der Waals surface area contributed by atoms with Crippen LogP contribution in [0.1, 0.15) is 19.8 Å². The fourth-order valence-corrected chi connectivity index (χ4v) is 4.99.